The summed E-state index contributed by atoms with van der Waals surface area (Å²) >= 11 is 0. The lowest BCUT2D eigenvalue weighted by Crippen LogP contribution is -2.32. The Kier molecular flexibility index (Phi) is 7.18. The molecule has 220 valence electrons. The monoisotopic (exact) mass is 588 g/mol. The van der Waals surface area contributed by atoms with E-state index in [0.717, 1.165) is 44.1 Å². The normalized spacial score (nSPS) is 19.3. The highest BCUT2D eigenvalue weighted by molar-refractivity contribution is 8.20. The third-order valence-corrected chi connectivity index (χ3v) is 10.00. The topological polar surface area (TPSA) is 115 Å². The van der Waals surface area contributed by atoms with Gasteiger partial charge in [-0.25, -0.2) is 14.6 Å². The number of thiol groups is 1. The second-order valence-corrected chi connectivity index (χ2v) is 13.9. The van der Waals surface area contributed by atoms with Gasteiger partial charge in [0, 0.05) is 48.7 Å². The van der Waals surface area contributed by atoms with Gasteiger partial charge in [-0.15, -0.1) is 5.10 Å². The Hall–Kier alpha value is -3.96. The maximum atomic E-state index is 13.0. The molecule has 10 nitrogen and oxygen atoms in total. The standard InChI is InChI=1S/C31H36N6O4S/c1-7-20-16-37(17-23-24(40-20)8-9-27(38)33-23)15-19-12-21(41-30(39)31(3,4)5)13-25-22(19)10-11-42(25)26-14-32-29-28(18(26)2)34-35-36(29)6/h8-14,20,42H,7,15-17H2,1-6H3,(H,33,38)/t20-/m1/s1. The number of hydrogen-bond donors (Lipinski definition) is 2. The molecule has 2 aliphatic rings. The molecule has 2 aliphatic heterocycles. The molecule has 6 rings (SSSR count). The number of carbonyl (C=O) groups excluding carboxylic acids is 1. The summed E-state index contributed by atoms with van der Waals surface area (Å²) in [4.78, 5) is 26.5. The lowest BCUT2D eigenvalue weighted by molar-refractivity contribution is -0.143. The number of hydrogen-bond acceptors (Lipinski definition) is 9. The summed E-state index contributed by atoms with van der Waals surface area (Å²) in [6.45, 7) is 11.5. The van der Waals surface area contributed by atoms with Gasteiger partial charge < -0.3 is 14.6 Å². The zero-order valence-corrected chi connectivity index (χ0v) is 25.6. The Morgan fingerprint density at radius 3 is 2.81 bits per heavy atom. The van der Waals surface area contributed by atoms with Gasteiger partial charge in [-0.2, -0.15) is 10.9 Å². The molecule has 0 aliphatic carbocycles. The van der Waals surface area contributed by atoms with Gasteiger partial charge in [0.1, 0.15) is 28.8 Å². The highest BCUT2D eigenvalue weighted by atomic mass is 32.2. The lowest BCUT2D eigenvalue weighted by Gasteiger charge is -2.26. The van der Waals surface area contributed by atoms with Crippen LogP contribution >= 0.6 is 10.9 Å². The summed E-state index contributed by atoms with van der Waals surface area (Å²) in [5.74, 6) is 0.915. The summed E-state index contributed by atoms with van der Waals surface area (Å²) in [5.41, 5.74) is 4.82. The van der Waals surface area contributed by atoms with Crippen LogP contribution < -0.4 is 9.47 Å². The third-order valence-electron chi connectivity index (χ3n) is 7.69. The number of benzene rings is 1. The minimum absolute atomic E-state index is 0.0207. The molecule has 0 spiro atoms. The summed E-state index contributed by atoms with van der Waals surface area (Å²) in [6.07, 6.45) is 4.91. The van der Waals surface area contributed by atoms with E-state index in [2.05, 4.69) is 50.5 Å². The van der Waals surface area contributed by atoms with Gasteiger partial charge in [0.2, 0.25) is 5.88 Å². The van der Waals surface area contributed by atoms with E-state index < -0.39 is 16.3 Å². The summed E-state index contributed by atoms with van der Waals surface area (Å²) in [6, 6.07) is 7.33. The van der Waals surface area contributed by atoms with Crippen LogP contribution in [0.4, 0.5) is 0 Å². The minimum Gasteiger partial charge on any atom is -0.493 e. The second kappa shape index (κ2) is 10.7. The van der Waals surface area contributed by atoms with Crippen molar-refractivity contribution in [1.29, 1.82) is 0 Å². The number of carbonyl (C=O) groups is 1. The van der Waals surface area contributed by atoms with E-state index in [1.807, 2.05) is 46.1 Å². The van der Waals surface area contributed by atoms with Gasteiger partial charge >= 0.3 is 5.97 Å². The molecule has 0 radical (unpaired) electrons. The first-order valence-electron chi connectivity index (χ1n) is 14.1. The first-order chi connectivity index (χ1) is 20.0. The van der Waals surface area contributed by atoms with E-state index >= 15 is 0 Å². The molecule has 0 saturated carbocycles. The van der Waals surface area contributed by atoms with Crippen molar-refractivity contribution >= 4 is 34.1 Å². The number of rotatable bonds is 5. The van der Waals surface area contributed by atoms with E-state index in [0.29, 0.717) is 36.8 Å². The Balaban J connectivity index is 1.41. The van der Waals surface area contributed by atoms with Crippen LogP contribution in [0.3, 0.4) is 0 Å². The van der Waals surface area contributed by atoms with Crippen molar-refractivity contribution in [3.8, 4) is 17.4 Å². The van der Waals surface area contributed by atoms with Crippen LogP contribution in [0.5, 0.6) is 17.4 Å². The molecule has 1 aromatic carbocycles. The maximum Gasteiger partial charge on any atom is 0.316 e. The number of nitrogens with zero attached hydrogens (tertiary/aromatic N) is 6. The summed E-state index contributed by atoms with van der Waals surface area (Å²) in [5, 5.41) is 20.8. The average molecular weight is 589 g/mol. The number of esters is 1. The van der Waals surface area contributed by atoms with Gasteiger partial charge in [-0.1, -0.05) is 12.1 Å². The van der Waals surface area contributed by atoms with E-state index in [1.165, 1.54) is 0 Å². The zero-order valence-electron chi connectivity index (χ0n) is 24.7. The van der Waals surface area contributed by atoms with Gasteiger partial charge in [-0.05, 0) is 80.5 Å². The molecule has 1 N–H and O–H groups in total. The molecular weight excluding hydrogens is 552 g/mol. The zero-order chi connectivity index (χ0) is 29.8. The molecule has 0 bridgehead atoms. The van der Waals surface area contributed by atoms with Crippen LogP contribution in [0.25, 0.3) is 17.2 Å². The SMILES string of the molecule is CC[C@@H]1CN(Cc2cc(OC(=O)C(C)(C)C)cc3c2C=C[SH]3c2cnc3c(nnn3C)c2C)Cc2nc(O)ccc2O1. The predicted molar refractivity (Wildman–Crippen MR) is 162 cm³/mol. The highest BCUT2D eigenvalue weighted by Gasteiger charge is 2.29. The van der Waals surface area contributed by atoms with Crippen molar-refractivity contribution < 1.29 is 19.4 Å². The number of aromatic hydroxyl groups is 1. The number of pyridine rings is 2. The largest absolute Gasteiger partial charge is 0.493 e. The van der Waals surface area contributed by atoms with Crippen LogP contribution in [0.15, 0.2) is 45.7 Å². The molecule has 0 amide bonds. The van der Waals surface area contributed by atoms with E-state index in [-0.39, 0.29) is 18.0 Å². The van der Waals surface area contributed by atoms with Crippen molar-refractivity contribution in [1.82, 2.24) is 29.9 Å². The molecular formula is C31H36N6O4S. The fourth-order valence-corrected chi connectivity index (χ4v) is 7.60. The van der Waals surface area contributed by atoms with Crippen molar-refractivity contribution in [3.63, 3.8) is 0 Å². The Morgan fingerprint density at radius 1 is 1.24 bits per heavy atom. The molecule has 0 saturated heterocycles. The maximum absolute atomic E-state index is 13.0. The Morgan fingerprint density at radius 2 is 2.05 bits per heavy atom. The second-order valence-electron chi connectivity index (χ2n) is 11.9. The molecule has 4 aromatic rings. The van der Waals surface area contributed by atoms with Crippen molar-refractivity contribution in [2.24, 2.45) is 12.5 Å². The van der Waals surface area contributed by atoms with Crippen molar-refractivity contribution in [2.45, 2.75) is 70.0 Å². The van der Waals surface area contributed by atoms with Crippen LogP contribution in [-0.2, 0) is 24.9 Å². The Labute approximate surface area is 247 Å². The van der Waals surface area contributed by atoms with Crippen molar-refractivity contribution in [3.05, 3.63) is 58.3 Å². The number of ether oxygens (including phenoxy) is 2. The third kappa shape index (κ3) is 5.22. The van der Waals surface area contributed by atoms with Crippen LogP contribution in [0, 0.1) is 12.3 Å². The van der Waals surface area contributed by atoms with Crippen LogP contribution in [-0.4, -0.2) is 53.6 Å². The highest BCUT2D eigenvalue weighted by Crippen LogP contribution is 2.55. The smallest absolute Gasteiger partial charge is 0.316 e. The number of fused-ring (bicyclic) bond motifs is 3. The predicted octanol–water partition coefficient (Wildman–Crippen LogP) is 5.30. The lowest BCUT2D eigenvalue weighted by atomic mass is 9.97. The molecule has 2 atom stereocenters. The quantitative estimate of drug-likeness (QED) is 0.182. The molecule has 0 fully saturated rings. The number of aromatic nitrogens is 5. The fourth-order valence-electron chi connectivity index (χ4n) is 5.32. The average Bonchev–Trinajstić information content (AvgIpc) is 3.48. The fraction of sp³-hybridized carbons (Fsp3) is 0.387. The molecule has 42 heavy (non-hydrogen) atoms. The van der Waals surface area contributed by atoms with Gasteiger partial charge in [0.15, 0.2) is 5.65 Å². The number of aryl methyl sites for hydroxylation is 2. The van der Waals surface area contributed by atoms with E-state index in [9.17, 15) is 9.90 Å². The van der Waals surface area contributed by atoms with E-state index in [1.54, 1.807) is 16.8 Å². The van der Waals surface area contributed by atoms with Gasteiger partial charge in [-0.3, -0.25) is 9.69 Å². The van der Waals surface area contributed by atoms with Crippen LogP contribution in [0.1, 0.15) is 56.5 Å². The molecule has 5 heterocycles. The van der Waals surface area contributed by atoms with Crippen molar-refractivity contribution in [2.75, 3.05) is 6.54 Å². The van der Waals surface area contributed by atoms with Crippen LogP contribution in [0.2, 0.25) is 0 Å². The Bertz CT molecular complexity index is 1730. The molecule has 11 heteroatoms. The van der Waals surface area contributed by atoms with Gasteiger partial charge in [0.05, 0.1) is 5.41 Å². The first-order valence-corrected chi connectivity index (χ1v) is 15.5. The first kappa shape index (κ1) is 28.2. The van der Waals surface area contributed by atoms with E-state index in [4.69, 9.17) is 9.47 Å². The summed E-state index contributed by atoms with van der Waals surface area (Å²) in [7, 11) is 0.926. The minimum atomic E-state index is -0.913. The van der Waals surface area contributed by atoms with Gasteiger partial charge in [0.25, 0.3) is 0 Å². The molecule has 1 unspecified atom stereocenters. The molecule has 3 aromatic heterocycles. The summed E-state index contributed by atoms with van der Waals surface area (Å²) < 4.78 is 13.9.